The van der Waals surface area contributed by atoms with Crippen molar-refractivity contribution in [2.75, 3.05) is 81.4 Å². The molecule has 19 nitrogen and oxygen atoms in total. The molecule has 61 heavy (non-hydrogen) atoms. The minimum Gasteiger partial charge on any atom is -0.379 e. The van der Waals surface area contributed by atoms with Gasteiger partial charge in [0, 0.05) is 62.9 Å². The SMILES string of the molecule is O=C1c2ccccc2-c2onc3c(N4CCC[C@@H](C(=O)NCCCOCCOCCOCCCNc5ncccn5)C4)cc(Nc4ccc(S(=O)(=O)O)cc4S(=O)(=O)O)c1c23. The average molecular weight is 880 g/mol. The molecule has 2 aliphatic rings. The van der Waals surface area contributed by atoms with Gasteiger partial charge in [0.25, 0.3) is 20.2 Å². The molecule has 21 heteroatoms. The molecule has 5 aromatic rings. The van der Waals surface area contributed by atoms with Crippen molar-refractivity contribution in [1.29, 1.82) is 0 Å². The van der Waals surface area contributed by atoms with E-state index in [9.17, 15) is 35.5 Å². The standard InChI is InChI=1S/C40H45N7O12S2/c48-37-28-8-1-2-9-29(28)38-35-34(37)31(45-30-11-10-27(60(50,51)52)23-33(30)61(53,54)55)24-32(36(35)46-59-38)47-16-3-7-26(25-47)39(49)41-14-5-17-56-19-21-58-22-20-57-18-6-15-44-40-42-12-4-13-43-40/h1-2,4,8-13,23-24,26,45H,3,5-7,14-22,25H2,(H,41,49)(H,42,43,44)(H,50,51,52)(H,53,54,55)/t26-/m1/s1. The molecule has 0 spiro atoms. The Morgan fingerprint density at radius 1 is 0.836 bits per heavy atom. The minimum absolute atomic E-state index is 0.109. The molecular formula is C40H45N7O12S2. The van der Waals surface area contributed by atoms with E-state index >= 15 is 0 Å². The summed E-state index contributed by atoms with van der Waals surface area (Å²) in [6.07, 6.45) is 6.03. The first-order valence-corrected chi connectivity index (χ1v) is 22.5. The third-order valence-corrected chi connectivity index (χ3v) is 11.9. The van der Waals surface area contributed by atoms with Crippen molar-refractivity contribution >= 4 is 65.8 Å². The number of hydrogen-bond donors (Lipinski definition) is 5. The van der Waals surface area contributed by atoms with E-state index in [1.54, 1.807) is 48.8 Å². The summed E-state index contributed by atoms with van der Waals surface area (Å²) in [6, 6.07) is 12.8. The lowest BCUT2D eigenvalue weighted by molar-refractivity contribution is -0.125. The quantitative estimate of drug-likeness (QED) is 0.0497. The smallest absolute Gasteiger partial charge is 0.296 e. The van der Waals surface area contributed by atoms with Crippen molar-refractivity contribution in [2.45, 2.75) is 35.5 Å². The van der Waals surface area contributed by atoms with E-state index in [2.05, 4.69) is 31.1 Å². The first-order chi connectivity index (χ1) is 29.4. The predicted molar refractivity (Wildman–Crippen MR) is 222 cm³/mol. The van der Waals surface area contributed by atoms with Crippen LogP contribution in [-0.4, -0.2) is 119 Å². The third-order valence-electron chi connectivity index (χ3n) is 10.1. The lowest BCUT2D eigenvalue weighted by atomic mass is 9.86. The fourth-order valence-corrected chi connectivity index (χ4v) is 8.51. The van der Waals surface area contributed by atoms with Crippen LogP contribution in [0.2, 0.25) is 0 Å². The summed E-state index contributed by atoms with van der Waals surface area (Å²) in [7, 11) is -9.89. The van der Waals surface area contributed by atoms with Gasteiger partial charge >= 0.3 is 0 Å². The Morgan fingerprint density at radius 3 is 2.23 bits per heavy atom. The zero-order chi connectivity index (χ0) is 43.0. The van der Waals surface area contributed by atoms with E-state index in [1.807, 2.05) is 4.90 Å². The molecule has 3 heterocycles. The Labute approximate surface area is 351 Å². The number of ether oxygens (including phenoxy) is 3. The molecule has 1 saturated heterocycles. The maximum Gasteiger partial charge on any atom is 0.296 e. The molecule has 0 unspecified atom stereocenters. The van der Waals surface area contributed by atoms with Crippen molar-refractivity contribution in [1.82, 2.24) is 20.4 Å². The molecule has 0 saturated carbocycles. The second kappa shape index (κ2) is 19.4. The van der Waals surface area contributed by atoms with Gasteiger partial charge in [0.2, 0.25) is 11.9 Å². The normalized spacial score (nSPS) is 15.1. The molecule has 1 aliphatic heterocycles. The number of rotatable bonds is 21. The first kappa shape index (κ1) is 43.5. The molecule has 1 fully saturated rings. The van der Waals surface area contributed by atoms with Gasteiger partial charge in [-0.15, -0.1) is 0 Å². The fourth-order valence-electron chi connectivity index (χ4n) is 7.25. The Hall–Kier alpha value is -5.55. The highest BCUT2D eigenvalue weighted by Gasteiger charge is 2.36. The summed E-state index contributed by atoms with van der Waals surface area (Å²) >= 11 is 0. The number of amides is 1. The lowest BCUT2D eigenvalue weighted by Crippen LogP contribution is -2.43. The molecule has 324 valence electrons. The van der Waals surface area contributed by atoms with Crippen LogP contribution in [0.1, 0.15) is 41.6 Å². The van der Waals surface area contributed by atoms with E-state index in [4.69, 9.17) is 18.7 Å². The van der Waals surface area contributed by atoms with Crippen LogP contribution in [0.15, 0.2) is 81.3 Å². The van der Waals surface area contributed by atoms with Gasteiger partial charge in [-0.1, -0.05) is 29.4 Å². The lowest BCUT2D eigenvalue weighted by Gasteiger charge is -2.34. The van der Waals surface area contributed by atoms with Crippen LogP contribution in [0.3, 0.4) is 0 Å². The summed E-state index contributed by atoms with van der Waals surface area (Å²) in [5.41, 5.74) is 1.62. The molecule has 3 aromatic carbocycles. The van der Waals surface area contributed by atoms with E-state index in [-0.39, 0.29) is 22.8 Å². The Morgan fingerprint density at radius 2 is 1.52 bits per heavy atom. The average Bonchev–Trinajstić information content (AvgIpc) is 3.69. The number of nitrogens with one attached hydrogen (secondary N) is 3. The van der Waals surface area contributed by atoms with Crippen molar-refractivity contribution in [3.05, 3.63) is 78.1 Å². The van der Waals surface area contributed by atoms with Crippen LogP contribution in [0, 0.1) is 5.92 Å². The van der Waals surface area contributed by atoms with Crippen LogP contribution in [0.25, 0.3) is 22.2 Å². The maximum absolute atomic E-state index is 14.1. The van der Waals surface area contributed by atoms with Gasteiger partial charge < -0.3 is 39.6 Å². The summed E-state index contributed by atoms with van der Waals surface area (Å²) in [5, 5.41) is 13.8. The molecule has 1 amide bonds. The van der Waals surface area contributed by atoms with Crippen LogP contribution in [0.4, 0.5) is 23.0 Å². The fraction of sp³-hybridized carbons (Fsp3) is 0.375. The van der Waals surface area contributed by atoms with E-state index in [0.29, 0.717) is 131 Å². The van der Waals surface area contributed by atoms with Gasteiger partial charge in [0.1, 0.15) is 10.4 Å². The second-order valence-corrected chi connectivity index (χ2v) is 17.1. The number of fused-ring (bicyclic) bond motifs is 2. The number of ketones is 1. The van der Waals surface area contributed by atoms with Gasteiger partial charge in [0.05, 0.1) is 65.3 Å². The van der Waals surface area contributed by atoms with E-state index < -0.39 is 41.7 Å². The summed E-state index contributed by atoms with van der Waals surface area (Å²) < 4.78 is 91.0. The largest absolute Gasteiger partial charge is 0.379 e. The number of anilines is 4. The van der Waals surface area contributed by atoms with Crippen molar-refractivity contribution in [3.8, 4) is 11.3 Å². The van der Waals surface area contributed by atoms with Gasteiger partial charge in [-0.05, 0) is 56.0 Å². The molecule has 1 aliphatic carbocycles. The number of carbonyl (C=O) groups is 2. The molecular weight excluding hydrogens is 835 g/mol. The van der Waals surface area contributed by atoms with Crippen LogP contribution < -0.4 is 20.9 Å². The number of piperidine rings is 1. The highest BCUT2D eigenvalue weighted by Crippen LogP contribution is 2.47. The predicted octanol–water partition coefficient (Wildman–Crippen LogP) is 4.34. The summed E-state index contributed by atoms with van der Waals surface area (Å²) in [4.78, 5) is 36.1. The zero-order valence-electron chi connectivity index (χ0n) is 32.9. The van der Waals surface area contributed by atoms with Crippen molar-refractivity contribution in [2.24, 2.45) is 5.92 Å². The number of aromatic nitrogens is 3. The number of nitrogens with zero attached hydrogens (tertiary/aromatic N) is 4. The summed E-state index contributed by atoms with van der Waals surface area (Å²) in [6.45, 7) is 4.70. The van der Waals surface area contributed by atoms with E-state index in [1.165, 1.54) is 0 Å². The van der Waals surface area contributed by atoms with Crippen molar-refractivity contribution in [3.63, 3.8) is 0 Å². The van der Waals surface area contributed by atoms with Gasteiger partial charge in [0.15, 0.2) is 11.5 Å². The minimum atomic E-state index is -5.05. The number of benzene rings is 3. The van der Waals surface area contributed by atoms with Crippen LogP contribution >= 0.6 is 0 Å². The molecule has 0 radical (unpaired) electrons. The topological polar surface area (TPSA) is 262 Å². The van der Waals surface area contributed by atoms with Gasteiger partial charge in [-0.3, -0.25) is 18.7 Å². The molecule has 2 aromatic heterocycles. The summed E-state index contributed by atoms with van der Waals surface area (Å²) in [5.74, 6) is -0.0471. The Bertz CT molecular complexity index is 2590. The maximum atomic E-state index is 14.1. The third kappa shape index (κ3) is 10.5. The second-order valence-electron chi connectivity index (χ2n) is 14.3. The first-order valence-electron chi connectivity index (χ1n) is 19.6. The monoisotopic (exact) mass is 879 g/mol. The Kier molecular flexibility index (Phi) is 13.9. The molecule has 1 atom stereocenters. The molecule has 5 N–H and O–H groups in total. The van der Waals surface area contributed by atoms with Gasteiger partial charge in [-0.2, -0.15) is 16.8 Å². The highest BCUT2D eigenvalue weighted by atomic mass is 32.2. The number of carbonyl (C=O) groups excluding carboxylic acids is 2. The van der Waals surface area contributed by atoms with Crippen molar-refractivity contribution < 1.29 is 54.3 Å². The highest BCUT2D eigenvalue weighted by molar-refractivity contribution is 7.86. The number of hydrogen-bond acceptors (Lipinski definition) is 16. The zero-order valence-corrected chi connectivity index (χ0v) is 34.5. The van der Waals surface area contributed by atoms with Gasteiger partial charge in [-0.25, -0.2) is 9.97 Å². The van der Waals surface area contributed by atoms with Crippen LogP contribution in [-0.2, 0) is 39.2 Å². The Balaban J connectivity index is 0.947. The molecule has 7 rings (SSSR count). The molecule has 0 bridgehead atoms. The van der Waals surface area contributed by atoms with E-state index in [0.717, 1.165) is 18.6 Å². The van der Waals surface area contributed by atoms with Crippen LogP contribution in [0.5, 0.6) is 0 Å².